The van der Waals surface area contributed by atoms with E-state index < -0.39 is 0 Å². The number of piperidine rings is 1. The van der Waals surface area contributed by atoms with Crippen molar-refractivity contribution in [2.75, 3.05) is 18.0 Å². The van der Waals surface area contributed by atoms with Crippen molar-refractivity contribution in [3.05, 3.63) is 47.7 Å². The highest BCUT2D eigenvalue weighted by atomic mass is 16.1. The first kappa shape index (κ1) is 18.4. The second-order valence-electron chi connectivity index (χ2n) is 7.55. The van der Waals surface area contributed by atoms with Crippen LogP contribution in [0.25, 0.3) is 11.0 Å². The number of carbonyl (C=O) groups excluding carboxylic acids is 1. The van der Waals surface area contributed by atoms with Gasteiger partial charge in [-0.3, -0.25) is 9.78 Å². The van der Waals surface area contributed by atoms with Gasteiger partial charge in [0.2, 0.25) is 5.91 Å². The number of fused-ring (bicyclic) bond motifs is 1. The van der Waals surface area contributed by atoms with E-state index in [1.165, 1.54) is 11.1 Å². The van der Waals surface area contributed by atoms with E-state index in [9.17, 15) is 4.79 Å². The lowest BCUT2D eigenvalue weighted by Crippen LogP contribution is -2.48. The molecule has 3 aromatic rings. The largest absolute Gasteiger partial charge is 0.353 e. The fraction of sp³-hybridized carbons (Fsp3) is 0.429. The van der Waals surface area contributed by atoms with Crippen LogP contribution < -0.4 is 10.2 Å². The molecule has 1 aliphatic rings. The first-order chi connectivity index (χ1) is 13.6. The molecule has 7 nitrogen and oxygen atoms in total. The Kier molecular flexibility index (Phi) is 5.23. The molecule has 1 aromatic carbocycles. The molecule has 1 atom stereocenters. The Hall–Kier alpha value is -2.96. The van der Waals surface area contributed by atoms with Gasteiger partial charge in [-0.05, 0) is 49.9 Å². The van der Waals surface area contributed by atoms with Crippen molar-refractivity contribution in [2.45, 2.75) is 45.6 Å². The minimum absolute atomic E-state index is 0.0683. The number of imidazole rings is 1. The number of rotatable bonds is 5. The highest BCUT2D eigenvalue weighted by Gasteiger charge is 2.22. The van der Waals surface area contributed by atoms with Crippen LogP contribution in [0.3, 0.4) is 0 Å². The van der Waals surface area contributed by atoms with Gasteiger partial charge in [-0.1, -0.05) is 0 Å². The minimum atomic E-state index is 0.0683. The summed E-state index contributed by atoms with van der Waals surface area (Å²) in [6.07, 6.45) is 8.21. The summed E-state index contributed by atoms with van der Waals surface area (Å²) < 4.78 is 0. The SMILES string of the molecule is Cc1cc2nc(CCC(=O)N[C@H]3CCCN(c4cnccn4)C3)[nH]c2cc1C. The number of anilines is 1. The van der Waals surface area contributed by atoms with E-state index in [1.807, 2.05) is 0 Å². The van der Waals surface area contributed by atoms with E-state index in [-0.39, 0.29) is 11.9 Å². The molecule has 1 aliphatic heterocycles. The second kappa shape index (κ2) is 7.96. The van der Waals surface area contributed by atoms with Gasteiger partial charge in [-0.15, -0.1) is 0 Å². The standard InChI is InChI=1S/C21H26N6O/c1-14-10-17-18(11-15(14)2)26-19(25-17)5-6-21(28)24-16-4-3-9-27(13-16)20-12-22-7-8-23-20/h7-8,10-12,16H,3-6,9,13H2,1-2H3,(H,24,28)(H,25,26)/t16-/m0/s1. The second-order valence-corrected chi connectivity index (χ2v) is 7.55. The molecule has 0 bridgehead atoms. The number of aromatic nitrogens is 4. The van der Waals surface area contributed by atoms with Gasteiger partial charge in [0.25, 0.3) is 0 Å². The fourth-order valence-electron chi connectivity index (χ4n) is 3.73. The molecule has 1 saturated heterocycles. The quantitative estimate of drug-likeness (QED) is 0.713. The van der Waals surface area contributed by atoms with Crippen molar-refractivity contribution in [3.8, 4) is 0 Å². The molecular formula is C21H26N6O. The van der Waals surface area contributed by atoms with E-state index in [2.05, 4.69) is 56.1 Å². The Morgan fingerprint density at radius 2 is 2.14 bits per heavy atom. The zero-order chi connectivity index (χ0) is 19.5. The third-order valence-electron chi connectivity index (χ3n) is 5.40. The average Bonchev–Trinajstić information content (AvgIpc) is 3.09. The van der Waals surface area contributed by atoms with Gasteiger partial charge in [-0.2, -0.15) is 0 Å². The molecule has 0 spiro atoms. The van der Waals surface area contributed by atoms with Crippen LogP contribution in [0.1, 0.15) is 36.2 Å². The van der Waals surface area contributed by atoms with Gasteiger partial charge in [0, 0.05) is 44.4 Å². The van der Waals surface area contributed by atoms with Crippen LogP contribution in [0.5, 0.6) is 0 Å². The molecule has 4 rings (SSSR count). The maximum absolute atomic E-state index is 12.5. The number of H-pyrrole nitrogens is 1. The third-order valence-corrected chi connectivity index (χ3v) is 5.40. The molecule has 2 N–H and O–H groups in total. The summed E-state index contributed by atoms with van der Waals surface area (Å²) >= 11 is 0. The van der Waals surface area contributed by atoms with Crippen molar-refractivity contribution in [3.63, 3.8) is 0 Å². The number of aromatic amines is 1. The lowest BCUT2D eigenvalue weighted by molar-refractivity contribution is -0.121. The van der Waals surface area contributed by atoms with Crippen LogP contribution in [0.15, 0.2) is 30.7 Å². The first-order valence-corrected chi connectivity index (χ1v) is 9.84. The summed E-state index contributed by atoms with van der Waals surface area (Å²) in [7, 11) is 0. The fourth-order valence-corrected chi connectivity index (χ4v) is 3.73. The molecule has 0 radical (unpaired) electrons. The van der Waals surface area contributed by atoms with Crippen LogP contribution >= 0.6 is 0 Å². The normalized spacial score (nSPS) is 17.1. The number of benzene rings is 1. The van der Waals surface area contributed by atoms with E-state index in [0.29, 0.717) is 12.8 Å². The Balaban J connectivity index is 1.32. The molecule has 0 unspecified atom stereocenters. The smallest absolute Gasteiger partial charge is 0.220 e. The van der Waals surface area contributed by atoms with Gasteiger partial charge in [0.15, 0.2) is 0 Å². The molecule has 3 heterocycles. The lowest BCUT2D eigenvalue weighted by atomic mass is 10.1. The Morgan fingerprint density at radius 1 is 1.29 bits per heavy atom. The zero-order valence-electron chi connectivity index (χ0n) is 16.4. The van der Waals surface area contributed by atoms with E-state index >= 15 is 0 Å². The molecule has 2 aromatic heterocycles. The summed E-state index contributed by atoms with van der Waals surface area (Å²) in [6, 6.07) is 4.35. The van der Waals surface area contributed by atoms with E-state index in [0.717, 1.165) is 48.6 Å². The van der Waals surface area contributed by atoms with Crippen LogP contribution in [0.4, 0.5) is 5.82 Å². The molecule has 7 heteroatoms. The summed E-state index contributed by atoms with van der Waals surface area (Å²) in [5.41, 5.74) is 4.47. The average molecular weight is 378 g/mol. The number of nitrogens with one attached hydrogen (secondary N) is 2. The zero-order valence-corrected chi connectivity index (χ0v) is 16.4. The van der Waals surface area contributed by atoms with Crippen molar-refractivity contribution in [2.24, 2.45) is 0 Å². The van der Waals surface area contributed by atoms with Crippen LogP contribution in [0, 0.1) is 13.8 Å². The maximum atomic E-state index is 12.5. The Morgan fingerprint density at radius 3 is 2.96 bits per heavy atom. The Bertz CT molecular complexity index is 929. The van der Waals surface area contributed by atoms with Gasteiger partial charge < -0.3 is 15.2 Å². The monoisotopic (exact) mass is 378 g/mol. The maximum Gasteiger partial charge on any atom is 0.220 e. The van der Waals surface area contributed by atoms with Gasteiger partial charge in [0.05, 0.1) is 17.2 Å². The van der Waals surface area contributed by atoms with E-state index in [1.54, 1.807) is 18.6 Å². The summed E-state index contributed by atoms with van der Waals surface area (Å²) in [5, 5.41) is 3.17. The molecule has 146 valence electrons. The van der Waals surface area contributed by atoms with Crippen molar-refractivity contribution >= 4 is 22.8 Å². The molecule has 1 fully saturated rings. The predicted molar refractivity (Wildman–Crippen MR) is 109 cm³/mol. The highest BCUT2D eigenvalue weighted by Crippen LogP contribution is 2.19. The number of amides is 1. The van der Waals surface area contributed by atoms with Gasteiger partial charge >= 0.3 is 0 Å². The van der Waals surface area contributed by atoms with Crippen molar-refractivity contribution in [1.82, 2.24) is 25.3 Å². The lowest BCUT2D eigenvalue weighted by Gasteiger charge is -2.33. The molecule has 1 amide bonds. The molecule has 0 saturated carbocycles. The third kappa shape index (κ3) is 4.13. The number of hydrogen-bond donors (Lipinski definition) is 2. The van der Waals surface area contributed by atoms with Gasteiger partial charge in [0.1, 0.15) is 11.6 Å². The Labute approximate surface area is 164 Å². The number of nitrogens with zero attached hydrogens (tertiary/aromatic N) is 4. The minimum Gasteiger partial charge on any atom is -0.353 e. The summed E-state index contributed by atoms with van der Waals surface area (Å²) in [5.74, 6) is 1.80. The summed E-state index contributed by atoms with van der Waals surface area (Å²) in [6.45, 7) is 5.90. The molecule has 28 heavy (non-hydrogen) atoms. The topological polar surface area (TPSA) is 86.8 Å². The van der Waals surface area contributed by atoms with Crippen LogP contribution in [0.2, 0.25) is 0 Å². The van der Waals surface area contributed by atoms with Crippen LogP contribution in [-0.4, -0.2) is 45.0 Å². The van der Waals surface area contributed by atoms with Crippen molar-refractivity contribution < 1.29 is 4.79 Å². The molecule has 0 aliphatic carbocycles. The van der Waals surface area contributed by atoms with Crippen LogP contribution in [-0.2, 0) is 11.2 Å². The highest BCUT2D eigenvalue weighted by molar-refractivity contribution is 5.78. The number of carbonyl (C=O) groups is 1. The number of hydrogen-bond acceptors (Lipinski definition) is 5. The predicted octanol–water partition coefficient (Wildman–Crippen LogP) is 2.69. The number of aryl methyl sites for hydroxylation is 3. The molecular weight excluding hydrogens is 352 g/mol. The summed E-state index contributed by atoms with van der Waals surface area (Å²) in [4.78, 5) is 31.1. The van der Waals surface area contributed by atoms with Crippen molar-refractivity contribution in [1.29, 1.82) is 0 Å². The van der Waals surface area contributed by atoms with E-state index in [4.69, 9.17) is 0 Å². The first-order valence-electron chi connectivity index (χ1n) is 9.84. The van der Waals surface area contributed by atoms with Gasteiger partial charge in [-0.25, -0.2) is 9.97 Å².